The highest BCUT2D eigenvalue weighted by Gasteiger charge is 2.25. The molecular weight excluding hydrogens is 206 g/mol. The first-order valence-corrected chi connectivity index (χ1v) is 5.46. The van der Waals surface area contributed by atoms with Crippen LogP contribution in [0.3, 0.4) is 0 Å². The summed E-state index contributed by atoms with van der Waals surface area (Å²) in [5, 5.41) is 9.39. The Kier molecular flexibility index (Phi) is 4.99. The molecule has 0 aromatic carbocycles. The molecule has 4 nitrogen and oxygen atoms in total. The molecule has 0 radical (unpaired) electrons. The van der Waals surface area contributed by atoms with E-state index < -0.39 is 0 Å². The number of nitrogens with zero attached hydrogens (tertiary/aromatic N) is 1. The molecule has 0 aliphatic rings. The van der Waals surface area contributed by atoms with Gasteiger partial charge in [0.15, 0.2) is 0 Å². The maximum absolute atomic E-state index is 9.39. The van der Waals surface area contributed by atoms with Crippen molar-refractivity contribution in [3.8, 4) is 0 Å². The summed E-state index contributed by atoms with van der Waals surface area (Å²) in [5.41, 5.74) is 0.855. The fraction of sp³-hybridized carbons (Fsp3) is 0.667. The van der Waals surface area contributed by atoms with Crippen LogP contribution in [0.5, 0.6) is 0 Å². The maximum atomic E-state index is 9.39. The molecule has 1 rings (SSSR count). The fourth-order valence-electron chi connectivity index (χ4n) is 1.50. The van der Waals surface area contributed by atoms with Gasteiger partial charge in [0, 0.05) is 31.3 Å². The molecule has 0 aliphatic heterocycles. The number of furan rings is 1. The van der Waals surface area contributed by atoms with Crippen molar-refractivity contribution in [2.75, 3.05) is 26.9 Å². The van der Waals surface area contributed by atoms with E-state index in [0.717, 1.165) is 18.7 Å². The number of methoxy groups -OCH3 is 1. The van der Waals surface area contributed by atoms with Crippen molar-refractivity contribution in [3.63, 3.8) is 0 Å². The summed E-state index contributed by atoms with van der Waals surface area (Å²) >= 11 is 0. The van der Waals surface area contributed by atoms with Gasteiger partial charge in [0.1, 0.15) is 0 Å². The Morgan fingerprint density at radius 1 is 1.50 bits per heavy atom. The highest BCUT2D eigenvalue weighted by molar-refractivity contribution is 5.06. The van der Waals surface area contributed by atoms with Gasteiger partial charge in [0.05, 0.1) is 25.7 Å². The zero-order chi connectivity index (χ0) is 12.0. The Balaban J connectivity index is 2.63. The molecule has 1 aromatic heterocycles. The number of ether oxygens (including phenoxy) is 1. The zero-order valence-corrected chi connectivity index (χ0v) is 10.3. The molecule has 0 unspecified atom stereocenters. The smallest absolute Gasteiger partial charge is 0.0947 e. The van der Waals surface area contributed by atoms with E-state index >= 15 is 0 Å². The van der Waals surface area contributed by atoms with Crippen molar-refractivity contribution in [1.29, 1.82) is 0 Å². The number of hydrogen-bond acceptors (Lipinski definition) is 4. The summed E-state index contributed by atoms with van der Waals surface area (Å²) in [7, 11) is 1.68. The third-order valence-electron chi connectivity index (χ3n) is 2.76. The average Bonchev–Trinajstić information content (AvgIpc) is 2.76. The molecule has 0 saturated heterocycles. The largest absolute Gasteiger partial charge is 0.472 e. The van der Waals surface area contributed by atoms with Crippen LogP contribution in [-0.2, 0) is 11.3 Å². The quantitative estimate of drug-likeness (QED) is 0.766. The first-order valence-electron chi connectivity index (χ1n) is 5.46. The van der Waals surface area contributed by atoms with E-state index in [2.05, 4.69) is 4.90 Å². The molecule has 1 aromatic rings. The normalized spacial score (nSPS) is 12.3. The van der Waals surface area contributed by atoms with Gasteiger partial charge in [-0.2, -0.15) is 0 Å². The lowest BCUT2D eigenvalue weighted by Crippen LogP contribution is -2.47. The lowest BCUT2D eigenvalue weighted by Gasteiger charge is -2.36. The van der Waals surface area contributed by atoms with E-state index in [0.29, 0.717) is 6.61 Å². The zero-order valence-electron chi connectivity index (χ0n) is 10.3. The molecule has 0 saturated carbocycles. The lowest BCUT2D eigenvalue weighted by atomic mass is 10.0. The van der Waals surface area contributed by atoms with Gasteiger partial charge in [-0.15, -0.1) is 0 Å². The van der Waals surface area contributed by atoms with E-state index in [-0.39, 0.29) is 12.1 Å². The minimum atomic E-state index is -0.254. The topological polar surface area (TPSA) is 45.8 Å². The lowest BCUT2D eigenvalue weighted by molar-refractivity contribution is 0.0297. The minimum Gasteiger partial charge on any atom is -0.472 e. The molecular formula is C12H21NO3. The summed E-state index contributed by atoms with van der Waals surface area (Å²) in [4.78, 5) is 2.18. The predicted molar refractivity (Wildman–Crippen MR) is 62.2 cm³/mol. The van der Waals surface area contributed by atoms with Gasteiger partial charge < -0.3 is 14.3 Å². The van der Waals surface area contributed by atoms with Crippen LogP contribution in [0.1, 0.15) is 19.4 Å². The first-order chi connectivity index (χ1) is 7.60. The Bertz CT molecular complexity index is 282. The van der Waals surface area contributed by atoms with Crippen LogP contribution < -0.4 is 0 Å². The van der Waals surface area contributed by atoms with Gasteiger partial charge >= 0.3 is 0 Å². The molecule has 0 bridgehead atoms. The second kappa shape index (κ2) is 6.03. The van der Waals surface area contributed by atoms with Crippen LogP contribution in [0.15, 0.2) is 23.0 Å². The van der Waals surface area contributed by atoms with Gasteiger partial charge in [0.2, 0.25) is 0 Å². The van der Waals surface area contributed by atoms with Gasteiger partial charge in [-0.25, -0.2) is 0 Å². The van der Waals surface area contributed by atoms with Crippen molar-refractivity contribution in [1.82, 2.24) is 4.90 Å². The molecule has 0 fully saturated rings. The number of aliphatic hydroxyl groups is 1. The van der Waals surface area contributed by atoms with Crippen LogP contribution in [0.4, 0.5) is 0 Å². The van der Waals surface area contributed by atoms with Gasteiger partial charge in [-0.1, -0.05) is 0 Å². The van der Waals surface area contributed by atoms with Crippen molar-refractivity contribution in [2.24, 2.45) is 0 Å². The van der Waals surface area contributed by atoms with Crippen LogP contribution in [-0.4, -0.2) is 42.4 Å². The SMILES string of the molecule is COCCN(Cc1ccoc1)C(C)(C)CO. The number of aliphatic hydroxyl groups excluding tert-OH is 1. The van der Waals surface area contributed by atoms with Crippen molar-refractivity contribution in [2.45, 2.75) is 25.9 Å². The summed E-state index contributed by atoms with van der Waals surface area (Å²) in [5.74, 6) is 0. The molecule has 92 valence electrons. The number of hydrogen-bond donors (Lipinski definition) is 1. The average molecular weight is 227 g/mol. The monoisotopic (exact) mass is 227 g/mol. The van der Waals surface area contributed by atoms with E-state index in [9.17, 15) is 5.11 Å². The Labute approximate surface area is 96.8 Å². The Morgan fingerprint density at radius 3 is 2.75 bits per heavy atom. The highest BCUT2D eigenvalue weighted by atomic mass is 16.5. The summed E-state index contributed by atoms with van der Waals surface area (Å²) in [6, 6.07) is 1.94. The molecule has 1 N–H and O–H groups in total. The predicted octanol–water partition coefficient (Wildman–Crippen LogP) is 1.50. The molecule has 1 heterocycles. The fourth-order valence-corrected chi connectivity index (χ4v) is 1.50. The van der Waals surface area contributed by atoms with Crippen molar-refractivity contribution >= 4 is 0 Å². The van der Waals surface area contributed by atoms with E-state index in [1.807, 2.05) is 19.9 Å². The second-order valence-electron chi connectivity index (χ2n) is 4.52. The van der Waals surface area contributed by atoms with Gasteiger partial charge in [-0.05, 0) is 19.9 Å². The van der Waals surface area contributed by atoms with E-state index in [1.54, 1.807) is 19.6 Å². The summed E-state index contributed by atoms with van der Waals surface area (Å²) in [6.45, 7) is 6.35. The standard InChI is InChI=1S/C12H21NO3/c1-12(2,10-14)13(5-7-15-3)8-11-4-6-16-9-11/h4,6,9,14H,5,7-8,10H2,1-3H3. The van der Waals surface area contributed by atoms with Crippen LogP contribution in [0, 0.1) is 0 Å². The third kappa shape index (κ3) is 3.63. The van der Waals surface area contributed by atoms with Crippen molar-refractivity contribution < 1.29 is 14.3 Å². The minimum absolute atomic E-state index is 0.120. The highest BCUT2D eigenvalue weighted by Crippen LogP contribution is 2.17. The van der Waals surface area contributed by atoms with Gasteiger partial charge in [-0.3, -0.25) is 4.90 Å². The molecule has 0 atom stereocenters. The van der Waals surface area contributed by atoms with E-state index in [1.165, 1.54) is 0 Å². The molecule has 16 heavy (non-hydrogen) atoms. The molecule has 4 heteroatoms. The van der Waals surface area contributed by atoms with Gasteiger partial charge in [0.25, 0.3) is 0 Å². The van der Waals surface area contributed by atoms with Crippen LogP contribution in [0.25, 0.3) is 0 Å². The van der Waals surface area contributed by atoms with E-state index in [4.69, 9.17) is 9.15 Å². The first kappa shape index (κ1) is 13.2. The molecule has 0 spiro atoms. The summed E-state index contributed by atoms with van der Waals surface area (Å²) < 4.78 is 10.1. The maximum Gasteiger partial charge on any atom is 0.0947 e. The second-order valence-corrected chi connectivity index (χ2v) is 4.52. The van der Waals surface area contributed by atoms with Crippen LogP contribution >= 0.6 is 0 Å². The van der Waals surface area contributed by atoms with Crippen LogP contribution in [0.2, 0.25) is 0 Å². The third-order valence-corrected chi connectivity index (χ3v) is 2.76. The Morgan fingerprint density at radius 2 is 2.25 bits per heavy atom. The number of rotatable bonds is 7. The summed E-state index contributed by atoms with van der Waals surface area (Å²) in [6.07, 6.45) is 3.39. The molecule has 0 amide bonds. The Hall–Kier alpha value is -0.840. The van der Waals surface area contributed by atoms with Crippen molar-refractivity contribution in [3.05, 3.63) is 24.2 Å². The molecule has 0 aliphatic carbocycles.